The van der Waals surface area contributed by atoms with E-state index in [1.165, 1.54) is 0 Å². The van der Waals surface area contributed by atoms with Gasteiger partial charge in [0.2, 0.25) is 0 Å². The zero-order valence-corrected chi connectivity index (χ0v) is 6.48. The van der Waals surface area contributed by atoms with Crippen LogP contribution >= 0.6 is 0 Å². The molecule has 0 amide bonds. The lowest BCUT2D eigenvalue weighted by Crippen LogP contribution is -2.48. The van der Waals surface area contributed by atoms with Crippen LogP contribution in [0.2, 0.25) is 0 Å². The molecular formula is C5H5F6NO2. The molecule has 0 saturated heterocycles. The van der Waals surface area contributed by atoms with E-state index >= 15 is 0 Å². The van der Waals surface area contributed by atoms with Gasteiger partial charge < -0.3 is 5.11 Å². The Morgan fingerprint density at radius 1 is 1.07 bits per heavy atom. The Kier molecular flexibility index (Phi) is 3.74. The number of hydrogen-bond donors (Lipinski definition) is 1. The molecule has 0 unspecified atom stereocenters. The highest BCUT2D eigenvalue weighted by Gasteiger charge is 2.53. The fraction of sp³-hybridized carbons (Fsp3) is 0.800. The Labute approximate surface area is 73.9 Å². The second-order valence-electron chi connectivity index (χ2n) is 2.23. The van der Waals surface area contributed by atoms with E-state index < -0.39 is 36.4 Å². The summed E-state index contributed by atoms with van der Waals surface area (Å²) < 4.78 is 70.1. The predicted octanol–water partition coefficient (Wildman–Crippen LogP) is 1.80. The quantitative estimate of drug-likeness (QED) is 0.588. The molecule has 0 fully saturated rings. The van der Waals surface area contributed by atoms with Crippen LogP contribution in [0.1, 0.15) is 6.42 Å². The van der Waals surface area contributed by atoms with Gasteiger partial charge in [-0.3, -0.25) is 4.79 Å². The molecule has 0 atom stereocenters. The van der Waals surface area contributed by atoms with Gasteiger partial charge in [-0.15, -0.1) is 4.90 Å². The minimum atomic E-state index is -5.62. The van der Waals surface area contributed by atoms with Crippen molar-refractivity contribution in [2.75, 3.05) is 6.54 Å². The lowest BCUT2D eigenvalue weighted by Gasteiger charge is -2.25. The van der Waals surface area contributed by atoms with E-state index in [0.29, 0.717) is 0 Å². The molecule has 0 spiro atoms. The maximum atomic E-state index is 11.7. The molecule has 0 radical (unpaired) electrons. The summed E-state index contributed by atoms with van der Waals surface area (Å²) in [5, 5.41) is 7.93. The third kappa shape index (κ3) is 4.30. The second-order valence-corrected chi connectivity index (χ2v) is 2.23. The van der Waals surface area contributed by atoms with Gasteiger partial charge in [-0.2, -0.15) is 26.3 Å². The normalized spacial score (nSPS) is 13.4. The van der Waals surface area contributed by atoms with Gasteiger partial charge >= 0.3 is 18.6 Å². The van der Waals surface area contributed by atoms with E-state index in [0.717, 1.165) is 0 Å². The number of hydrogen-bond acceptors (Lipinski definition) is 2. The van der Waals surface area contributed by atoms with Crippen LogP contribution in [0.4, 0.5) is 26.3 Å². The first kappa shape index (κ1) is 13.0. The van der Waals surface area contributed by atoms with Crippen molar-refractivity contribution in [3.63, 3.8) is 0 Å². The number of nitrogens with zero attached hydrogens (tertiary/aromatic N) is 1. The van der Waals surface area contributed by atoms with Crippen LogP contribution in [0.5, 0.6) is 0 Å². The van der Waals surface area contributed by atoms with Crippen molar-refractivity contribution in [1.29, 1.82) is 0 Å². The number of carboxylic acids is 1. The Bertz CT molecular complexity index is 195. The molecule has 0 aliphatic heterocycles. The molecule has 0 bridgehead atoms. The monoisotopic (exact) mass is 225 g/mol. The third-order valence-corrected chi connectivity index (χ3v) is 1.16. The van der Waals surface area contributed by atoms with E-state index in [9.17, 15) is 31.1 Å². The molecule has 0 aromatic heterocycles. The van der Waals surface area contributed by atoms with Crippen LogP contribution < -0.4 is 0 Å². The predicted molar refractivity (Wildman–Crippen MR) is 31.1 cm³/mol. The van der Waals surface area contributed by atoms with Gasteiger partial charge in [-0.25, -0.2) is 0 Å². The Hall–Kier alpha value is -0.990. The van der Waals surface area contributed by atoms with Crippen LogP contribution in [0.3, 0.4) is 0 Å². The summed E-state index contributed by atoms with van der Waals surface area (Å²) in [6, 6.07) is 0. The zero-order chi connectivity index (χ0) is 11.6. The highest BCUT2D eigenvalue weighted by molar-refractivity contribution is 5.66. The summed E-state index contributed by atoms with van der Waals surface area (Å²) in [7, 11) is 0. The van der Waals surface area contributed by atoms with Crippen molar-refractivity contribution in [2.24, 2.45) is 0 Å². The van der Waals surface area contributed by atoms with Gasteiger partial charge in [0.15, 0.2) is 0 Å². The fourth-order valence-electron chi connectivity index (χ4n) is 0.605. The van der Waals surface area contributed by atoms with Crippen molar-refractivity contribution < 1.29 is 36.2 Å². The molecule has 0 heterocycles. The van der Waals surface area contributed by atoms with E-state index in [1.54, 1.807) is 0 Å². The number of carboxylic acid groups (broad SMARTS) is 1. The average molecular weight is 225 g/mol. The minimum absolute atomic E-state index is 1.24. The molecule has 0 aromatic rings. The van der Waals surface area contributed by atoms with Crippen molar-refractivity contribution in [2.45, 2.75) is 19.0 Å². The smallest absolute Gasteiger partial charge is 0.467 e. The molecule has 3 nitrogen and oxygen atoms in total. The molecule has 0 aromatic carbocycles. The number of alkyl halides is 6. The molecule has 0 aliphatic carbocycles. The highest BCUT2D eigenvalue weighted by atomic mass is 19.4. The lowest BCUT2D eigenvalue weighted by atomic mass is 10.4. The van der Waals surface area contributed by atoms with Crippen LogP contribution in [0, 0.1) is 0 Å². The Morgan fingerprint density at radius 2 is 1.43 bits per heavy atom. The molecule has 9 heteroatoms. The van der Waals surface area contributed by atoms with Crippen molar-refractivity contribution in [3.8, 4) is 0 Å². The number of carbonyl (C=O) groups is 1. The van der Waals surface area contributed by atoms with Gasteiger partial charge in [-0.05, 0) is 0 Å². The van der Waals surface area contributed by atoms with Crippen LogP contribution in [-0.2, 0) is 4.79 Å². The van der Waals surface area contributed by atoms with Gasteiger partial charge in [-0.1, -0.05) is 0 Å². The standard InChI is InChI=1S/C5H5F6NO2/c6-4(7,8)12(5(9,10)11)2-1-3(13)14/h1-2H2,(H,13,14). The van der Waals surface area contributed by atoms with E-state index in [2.05, 4.69) is 0 Å². The number of aliphatic carboxylic acids is 1. The van der Waals surface area contributed by atoms with E-state index in [-0.39, 0.29) is 0 Å². The van der Waals surface area contributed by atoms with Crippen molar-refractivity contribution >= 4 is 5.97 Å². The summed E-state index contributed by atoms with van der Waals surface area (Å²) in [5.74, 6) is -1.73. The minimum Gasteiger partial charge on any atom is -0.481 e. The first-order chi connectivity index (χ1) is 6.05. The summed E-state index contributed by atoms with van der Waals surface area (Å²) in [4.78, 5) is 8.01. The lowest BCUT2D eigenvalue weighted by molar-refractivity contribution is -0.372. The van der Waals surface area contributed by atoms with Gasteiger partial charge in [0.1, 0.15) is 0 Å². The first-order valence-corrected chi connectivity index (χ1v) is 3.18. The van der Waals surface area contributed by atoms with Crippen molar-refractivity contribution in [1.82, 2.24) is 4.90 Å². The zero-order valence-electron chi connectivity index (χ0n) is 6.48. The summed E-state index contributed by atoms with van der Waals surface area (Å²) in [5.41, 5.74) is 0. The molecule has 0 aliphatic rings. The SMILES string of the molecule is O=C(O)CCN(C(F)(F)F)C(F)(F)F. The summed E-state index contributed by atoms with van der Waals surface area (Å²) >= 11 is 0. The molecule has 0 rings (SSSR count). The Morgan fingerprint density at radius 3 is 1.64 bits per heavy atom. The number of halogens is 6. The van der Waals surface area contributed by atoms with Crippen molar-refractivity contribution in [3.05, 3.63) is 0 Å². The average Bonchev–Trinajstić information content (AvgIpc) is 1.78. The Balaban J connectivity index is 4.51. The molecule has 1 N–H and O–H groups in total. The van der Waals surface area contributed by atoms with Crippen LogP contribution in [0.15, 0.2) is 0 Å². The molecule has 84 valence electrons. The largest absolute Gasteiger partial charge is 0.481 e. The van der Waals surface area contributed by atoms with Crippen LogP contribution in [0.25, 0.3) is 0 Å². The fourth-order valence-corrected chi connectivity index (χ4v) is 0.605. The van der Waals surface area contributed by atoms with Gasteiger partial charge in [0, 0.05) is 6.54 Å². The second kappa shape index (κ2) is 4.03. The molecule has 14 heavy (non-hydrogen) atoms. The van der Waals surface area contributed by atoms with Crippen LogP contribution in [-0.4, -0.2) is 35.1 Å². The maximum absolute atomic E-state index is 11.7. The van der Waals surface area contributed by atoms with E-state index in [1.807, 2.05) is 0 Å². The first-order valence-electron chi connectivity index (χ1n) is 3.18. The molecular weight excluding hydrogens is 220 g/mol. The summed E-state index contributed by atoms with van der Waals surface area (Å²) in [6.45, 7) is -1.65. The van der Waals surface area contributed by atoms with Gasteiger partial charge in [0.05, 0.1) is 6.42 Å². The highest BCUT2D eigenvalue weighted by Crippen LogP contribution is 2.33. The summed E-state index contributed by atoms with van der Waals surface area (Å²) in [6.07, 6.45) is -12.5. The van der Waals surface area contributed by atoms with Gasteiger partial charge in [0.25, 0.3) is 0 Å². The maximum Gasteiger partial charge on any atom is 0.467 e. The molecule has 0 saturated carbocycles. The topological polar surface area (TPSA) is 40.5 Å². The van der Waals surface area contributed by atoms with E-state index in [4.69, 9.17) is 5.11 Å². The number of rotatable bonds is 3. The third-order valence-electron chi connectivity index (χ3n) is 1.16.